The third-order valence-electron chi connectivity index (χ3n) is 12.2. The van der Waals surface area contributed by atoms with Crippen LogP contribution in [0.4, 0.5) is 0 Å². The summed E-state index contributed by atoms with van der Waals surface area (Å²) in [6, 6.07) is 5.04. The summed E-state index contributed by atoms with van der Waals surface area (Å²) in [5.41, 5.74) is 3.11. The summed E-state index contributed by atoms with van der Waals surface area (Å²) in [7, 11) is 1.52. The Morgan fingerprint density at radius 3 is 2.63 bits per heavy atom. The fourth-order valence-electron chi connectivity index (χ4n) is 9.92. The van der Waals surface area contributed by atoms with E-state index < -0.39 is 0 Å². The van der Waals surface area contributed by atoms with Gasteiger partial charge in [-0.05, 0) is 115 Å². The van der Waals surface area contributed by atoms with Gasteiger partial charge >= 0.3 is 5.97 Å². The molecule has 41 heavy (non-hydrogen) atoms. The predicted octanol–water partition coefficient (Wildman–Crippen LogP) is 9.37. The summed E-state index contributed by atoms with van der Waals surface area (Å²) in [5.74, 6) is 5.20. The molecule has 0 aromatic heterocycles. The summed E-state index contributed by atoms with van der Waals surface area (Å²) in [6.07, 6.45) is 19.7. The first-order chi connectivity index (χ1) is 19.5. The number of methoxy groups -OCH3 is 1. The molecule has 0 radical (unpaired) electrons. The number of esters is 1. The number of phenolic OH excluding ortho intramolecular Hbond substituents is 1. The molecule has 4 heteroatoms. The Kier molecular flexibility index (Phi) is 8.98. The second-order valence-electron chi connectivity index (χ2n) is 14.9. The number of hydrogen-bond acceptors (Lipinski definition) is 4. The summed E-state index contributed by atoms with van der Waals surface area (Å²) >= 11 is 0. The van der Waals surface area contributed by atoms with Gasteiger partial charge in [0.25, 0.3) is 0 Å². The monoisotopic (exact) mass is 562 g/mol. The van der Waals surface area contributed by atoms with Crippen LogP contribution in [0.2, 0.25) is 0 Å². The van der Waals surface area contributed by atoms with Gasteiger partial charge in [0.15, 0.2) is 11.5 Å². The van der Waals surface area contributed by atoms with Gasteiger partial charge in [-0.2, -0.15) is 0 Å². The molecule has 4 aliphatic rings. The Hall–Kier alpha value is -2.23. The van der Waals surface area contributed by atoms with Crippen LogP contribution < -0.4 is 4.74 Å². The molecule has 0 spiro atoms. The standard InChI is InChI=1S/C37H54O4/c1-24(2)8-7-9-25(3)30-14-15-31-29-13-12-27-23-28(18-20-36(27,4)32(29)19-21-37(30,31)5)41-35(39)17-11-26-10-16-33(38)34(22-26)40-6/h10-12,16-17,22,24-25,28-32,38H,7-9,13-15,18-21,23H2,1-6H3/t25-,28-,29+,30-,31-,32+,36-,37-/m1/s1. The molecule has 4 nitrogen and oxygen atoms in total. The van der Waals surface area contributed by atoms with Crippen LogP contribution in [0, 0.1) is 46.3 Å². The average Bonchev–Trinajstić information content (AvgIpc) is 3.30. The molecule has 0 unspecified atom stereocenters. The number of ether oxygens (including phenoxy) is 2. The fourth-order valence-corrected chi connectivity index (χ4v) is 9.92. The molecular formula is C37H54O4. The van der Waals surface area contributed by atoms with Crippen molar-refractivity contribution < 1.29 is 19.4 Å². The smallest absolute Gasteiger partial charge is 0.331 e. The number of rotatable bonds is 9. The quantitative estimate of drug-likeness (QED) is 0.185. The zero-order valence-corrected chi connectivity index (χ0v) is 26.5. The molecule has 3 saturated carbocycles. The van der Waals surface area contributed by atoms with Crippen molar-refractivity contribution in [1.82, 2.24) is 0 Å². The highest BCUT2D eigenvalue weighted by atomic mass is 16.5. The van der Waals surface area contributed by atoms with E-state index in [2.05, 4.69) is 40.7 Å². The van der Waals surface area contributed by atoms with Crippen LogP contribution in [0.3, 0.4) is 0 Å². The van der Waals surface area contributed by atoms with E-state index in [1.807, 2.05) is 0 Å². The third-order valence-corrected chi connectivity index (χ3v) is 12.2. The SMILES string of the molecule is COc1cc(C=CC(=O)O[C@@H]2CC[C@]3(C)C(=CC[C@H]4[C@H]5CC[C@H]([C@H](C)CCCC(C)C)[C@@]5(C)CC[C@@H]43)C2)ccc1O. The maximum Gasteiger partial charge on any atom is 0.331 e. The number of fused-ring (bicyclic) bond motifs is 5. The van der Waals surface area contributed by atoms with Gasteiger partial charge in [0.05, 0.1) is 7.11 Å². The molecule has 1 aromatic rings. The molecule has 1 N–H and O–H groups in total. The third kappa shape index (κ3) is 6.00. The molecule has 5 rings (SSSR count). The van der Waals surface area contributed by atoms with Crippen LogP contribution in [-0.4, -0.2) is 24.3 Å². The first-order valence-corrected chi connectivity index (χ1v) is 16.5. The van der Waals surface area contributed by atoms with E-state index in [1.165, 1.54) is 64.6 Å². The van der Waals surface area contributed by atoms with E-state index in [9.17, 15) is 9.90 Å². The van der Waals surface area contributed by atoms with Crippen LogP contribution in [0.1, 0.15) is 111 Å². The van der Waals surface area contributed by atoms with E-state index in [0.29, 0.717) is 11.2 Å². The van der Waals surface area contributed by atoms with Crippen molar-refractivity contribution in [3.05, 3.63) is 41.5 Å². The number of allylic oxidation sites excluding steroid dienone is 1. The zero-order valence-electron chi connectivity index (χ0n) is 26.5. The molecule has 226 valence electrons. The molecule has 4 aliphatic carbocycles. The van der Waals surface area contributed by atoms with Crippen LogP contribution in [-0.2, 0) is 9.53 Å². The molecule has 0 amide bonds. The lowest BCUT2D eigenvalue weighted by Crippen LogP contribution is -2.51. The van der Waals surface area contributed by atoms with E-state index in [0.717, 1.165) is 60.3 Å². The highest BCUT2D eigenvalue weighted by Crippen LogP contribution is 2.67. The van der Waals surface area contributed by atoms with Gasteiger partial charge < -0.3 is 14.6 Å². The van der Waals surface area contributed by atoms with Crippen molar-refractivity contribution >= 4 is 12.0 Å². The van der Waals surface area contributed by atoms with Crippen molar-refractivity contribution in [2.24, 2.45) is 46.3 Å². The molecule has 0 heterocycles. The predicted molar refractivity (Wildman–Crippen MR) is 167 cm³/mol. The number of benzene rings is 1. The van der Waals surface area contributed by atoms with Gasteiger partial charge in [-0.15, -0.1) is 0 Å². The van der Waals surface area contributed by atoms with Crippen molar-refractivity contribution in [2.45, 2.75) is 111 Å². The largest absolute Gasteiger partial charge is 0.504 e. The molecule has 8 atom stereocenters. The Morgan fingerprint density at radius 2 is 1.88 bits per heavy atom. The number of aromatic hydroxyl groups is 1. The fraction of sp³-hybridized carbons (Fsp3) is 0.703. The maximum absolute atomic E-state index is 12.7. The normalized spacial score (nSPS) is 35.4. The Bertz CT molecular complexity index is 1150. The van der Waals surface area contributed by atoms with E-state index in [4.69, 9.17) is 9.47 Å². The lowest BCUT2D eigenvalue weighted by Gasteiger charge is -2.58. The van der Waals surface area contributed by atoms with Gasteiger partial charge in [0.1, 0.15) is 6.10 Å². The Labute approximate surface area is 249 Å². The molecule has 1 aromatic carbocycles. The first kappa shape index (κ1) is 30.2. The highest BCUT2D eigenvalue weighted by molar-refractivity contribution is 5.87. The molecule has 0 saturated heterocycles. The lowest BCUT2D eigenvalue weighted by molar-refractivity contribution is -0.145. The maximum atomic E-state index is 12.7. The summed E-state index contributed by atoms with van der Waals surface area (Å²) < 4.78 is 11.1. The van der Waals surface area contributed by atoms with Gasteiger partial charge in [-0.25, -0.2) is 4.79 Å². The van der Waals surface area contributed by atoms with E-state index in [1.54, 1.807) is 29.8 Å². The average molecular weight is 563 g/mol. The summed E-state index contributed by atoms with van der Waals surface area (Å²) in [4.78, 5) is 12.7. The van der Waals surface area contributed by atoms with Crippen molar-refractivity contribution in [1.29, 1.82) is 0 Å². The summed E-state index contributed by atoms with van der Waals surface area (Å²) in [5, 5.41) is 9.80. The van der Waals surface area contributed by atoms with Gasteiger partial charge in [-0.1, -0.05) is 71.6 Å². The van der Waals surface area contributed by atoms with Gasteiger partial charge in [0, 0.05) is 12.5 Å². The van der Waals surface area contributed by atoms with Crippen LogP contribution >= 0.6 is 0 Å². The molecule has 0 aliphatic heterocycles. The van der Waals surface area contributed by atoms with Crippen molar-refractivity contribution in [3.8, 4) is 11.5 Å². The Morgan fingerprint density at radius 1 is 1.07 bits per heavy atom. The molecular weight excluding hydrogens is 508 g/mol. The highest BCUT2D eigenvalue weighted by Gasteiger charge is 2.59. The number of phenols is 1. The van der Waals surface area contributed by atoms with Crippen LogP contribution in [0.25, 0.3) is 6.08 Å². The minimum absolute atomic E-state index is 0.0474. The van der Waals surface area contributed by atoms with Gasteiger partial charge in [-0.3, -0.25) is 0 Å². The molecule has 0 bridgehead atoms. The van der Waals surface area contributed by atoms with Crippen molar-refractivity contribution in [2.75, 3.05) is 7.11 Å². The number of hydrogen-bond donors (Lipinski definition) is 1. The van der Waals surface area contributed by atoms with Crippen molar-refractivity contribution in [3.63, 3.8) is 0 Å². The first-order valence-electron chi connectivity index (χ1n) is 16.5. The lowest BCUT2D eigenvalue weighted by atomic mass is 9.47. The number of carbonyl (C=O) groups is 1. The summed E-state index contributed by atoms with van der Waals surface area (Å²) in [6.45, 7) is 12.5. The zero-order chi connectivity index (χ0) is 29.4. The second kappa shape index (κ2) is 12.2. The van der Waals surface area contributed by atoms with Crippen LogP contribution in [0.15, 0.2) is 35.9 Å². The topological polar surface area (TPSA) is 55.8 Å². The van der Waals surface area contributed by atoms with E-state index >= 15 is 0 Å². The van der Waals surface area contributed by atoms with E-state index in [-0.39, 0.29) is 23.2 Å². The minimum Gasteiger partial charge on any atom is -0.504 e. The van der Waals surface area contributed by atoms with Crippen LogP contribution in [0.5, 0.6) is 11.5 Å². The second-order valence-corrected chi connectivity index (χ2v) is 14.9. The Balaban J connectivity index is 1.21. The molecule has 3 fully saturated rings. The number of carbonyl (C=O) groups excluding carboxylic acids is 1. The minimum atomic E-state index is -0.298. The van der Waals surface area contributed by atoms with Gasteiger partial charge in [0.2, 0.25) is 0 Å².